The van der Waals surface area contributed by atoms with E-state index >= 15 is 0 Å². The minimum Gasteiger partial charge on any atom is -0.492 e. The van der Waals surface area contributed by atoms with Crippen LogP contribution >= 0.6 is 11.6 Å². The van der Waals surface area contributed by atoms with Crippen molar-refractivity contribution in [2.24, 2.45) is 5.73 Å². The molecule has 2 N–H and O–H groups in total. The van der Waals surface area contributed by atoms with E-state index in [1.54, 1.807) is 18.2 Å². The average molecular weight is 312 g/mol. The maximum Gasteiger partial charge on any atom is 0.411 e. The molecule has 1 rings (SSSR count). The van der Waals surface area contributed by atoms with Gasteiger partial charge in [0.05, 0.1) is 18.2 Å². The summed E-state index contributed by atoms with van der Waals surface area (Å²) in [6, 6.07) is 5.07. The molecule has 20 heavy (non-hydrogen) atoms. The summed E-state index contributed by atoms with van der Waals surface area (Å²) >= 11 is 6.01. The van der Waals surface area contributed by atoms with Crippen molar-refractivity contribution < 1.29 is 22.6 Å². The standard InChI is InChI=1S/C13H17ClF3NO2/c1-9(18)10-3-4-12(11(14)7-10)20-6-2-5-19-8-13(15,16)17/h3-4,7,9H,2,5-6,8,18H2,1H3/t9-/m1/s1. The first-order valence-electron chi connectivity index (χ1n) is 6.12. The quantitative estimate of drug-likeness (QED) is 0.781. The van der Waals surface area contributed by atoms with Crippen molar-refractivity contribution in [1.29, 1.82) is 0 Å². The Labute approximate surface area is 120 Å². The number of ether oxygens (including phenoxy) is 2. The Bertz CT molecular complexity index is 425. The number of hydrogen-bond donors (Lipinski definition) is 1. The molecule has 0 aliphatic rings. The number of benzene rings is 1. The molecular formula is C13H17ClF3NO2. The molecule has 0 amide bonds. The first-order valence-corrected chi connectivity index (χ1v) is 6.49. The molecule has 0 bridgehead atoms. The third-order valence-electron chi connectivity index (χ3n) is 2.44. The second-order valence-corrected chi connectivity index (χ2v) is 4.76. The maximum absolute atomic E-state index is 11.8. The highest BCUT2D eigenvalue weighted by molar-refractivity contribution is 6.32. The minimum atomic E-state index is -4.29. The van der Waals surface area contributed by atoms with Crippen molar-refractivity contribution in [1.82, 2.24) is 0 Å². The zero-order valence-electron chi connectivity index (χ0n) is 11.0. The zero-order valence-corrected chi connectivity index (χ0v) is 11.8. The molecule has 114 valence electrons. The smallest absolute Gasteiger partial charge is 0.411 e. The molecule has 0 aromatic heterocycles. The lowest BCUT2D eigenvalue weighted by molar-refractivity contribution is -0.174. The lowest BCUT2D eigenvalue weighted by Gasteiger charge is -2.11. The van der Waals surface area contributed by atoms with Crippen LogP contribution in [0.2, 0.25) is 5.02 Å². The van der Waals surface area contributed by atoms with Gasteiger partial charge in [0.2, 0.25) is 0 Å². The van der Waals surface area contributed by atoms with E-state index in [0.717, 1.165) is 5.56 Å². The van der Waals surface area contributed by atoms with E-state index in [-0.39, 0.29) is 19.3 Å². The first-order chi connectivity index (χ1) is 9.29. The monoisotopic (exact) mass is 311 g/mol. The molecule has 0 radical (unpaired) electrons. The molecule has 0 aliphatic heterocycles. The molecule has 0 heterocycles. The van der Waals surface area contributed by atoms with Crippen LogP contribution in [-0.4, -0.2) is 26.0 Å². The third kappa shape index (κ3) is 6.45. The fourth-order valence-corrected chi connectivity index (χ4v) is 1.69. The number of rotatable bonds is 7. The van der Waals surface area contributed by atoms with E-state index in [4.69, 9.17) is 22.1 Å². The molecule has 0 fully saturated rings. The Morgan fingerprint density at radius 2 is 2.00 bits per heavy atom. The summed E-state index contributed by atoms with van der Waals surface area (Å²) in [7, 11) is 0. The highest BCUT2D eigenvalue weighted by atomic mass is 35.5. The van der Waals surface area contributed by atoms with Gasteiger partial charge in [-0.3, -0.25) is 0 Å². The van der Waals surface area contributed by atoms with Crippen LogP contribution in [0.1, 0.15) is 24.9 Å². The van der Waals surface area contributed by atoms with Crippen LogP contribution < -0.4 is 10.5 Å². The van der Waals surface area contributed by atoms with E-state index in [0.29, 0.717) is 17.2 Å². The lowest BCUT2D eigenvalue weighted by atomic mass is 10.1. The van der Waals surface area contributed by atoms with Gasteiger partial charge >= 0.3 is 6.18 Å². The van der Waals surface area contributed by atoms with Gasteiger partial charge in [-0.25, -0.2) is 0 Å². The zero-order chi connectivity index (χ0) is 15.2. The number of alkyl halides is 3. The topological polar surface area (TPSA) is 44.5 Å². The Morgan fingerprint density at radius 3 is 2.55 bits per heavy atom. The summed E-state index contributed by atoms with van der Waals surface area (Å²) in [6.45, 7) is 0.811. The van der Waals surface area contributed by atoms with Gasteiger partial charge in [0.15, 0.2) is 0 Å². The van der Waals surface area contributed by atoms with Crippen molar-refractivity contribution in [3.05, 3.63) is 28.8 Å². The molecule has 1 aromatic carbocycles. The summed E-state index contributed by atoms with van der Waals surface area (Å²) in [6.07, 6.45) is -3.94. The predicted molar refractivity (Wildman–Crippen MR) is 71.0 cm³/mol. The summed E-state index contributed by atoms with van der Waals surface area (Å²) in [5.41, 5.74) is 6.60. The highest BCUT2D eigenvalue weighted by Gasteiger charge is 2.27. The average Bonchev–Trinajstić information content (AvgIpc) is 2.33. The fourth-order valence-electron chi connectivity index (χ4n) is 1.45. The van der Waals surface area contributed by atoms with Crippen LogP contribution in [0.5, 0.6) is 5.75 Å². The van der Waals surface area contributed by atoms with E-state index in [9.17, 15) is 13.2 Å². The molecule has 0 spiro atoms. The van der Waals surface area contributed by atoms with Gasteiger partial charge in [-0.1, -0.05) is 17.7 Å². The van der Waals surface area contributed by atoms with E-state index in [1.165, 1.54) is 0 Å². The van der Waals surface area contributed by atoms with Gasteiger partial charge in [0, 0.05) is 12.5 Å². The van der Waals surface area contributed by atoms with Crippen LogP contribution in [0.3, 0.4) is 0 Å². The van der Waals surface area contributed by atoms with Crippen LogP contribution in [0.4, 0.5) is 13.2 Å². The van der Waals surface area contributed by atoms with Gasteiger partial charge in [0.25, 0.3) is 0 Å². The molecule has 1 aromatic rings. The Kier molecular flexibility index (Phi) is 6.58. The Hall–Kier alpha value is -0.980. The molecule has 7 heteroatoms. The van der Waals surface area contributed by atoms with Crippen molar-refractivity contribution in [3.63, 3.8) is 0 Å². The first kappa shape index (κ1) is 17.1. The summed E-state index contributed by atoms with van der Waals surface area (Å²) < 4.78 is 45.2. The van der Waals surface area contributed by atoms with E-state index in [1.807, 2.05) is 6.92 Å². The SMILES string of the molecule is C[C@@H](N)c1ccc(OCCCOCC(F)(F)F)c(Cl)c1. The lowest BCUT2D eigenvalue weighted by Crippen LogP contribution is -2.18. The molecular weight excluding hydrogens is 295 g/mol. The molecule has 3 nitrogen and oxygen atoms in total. The number of hydrogen-bond acceptors (Lipinski definition) is 3. The van der Waals surface area contributed by atoms with Crippen LogP contribution in [0.15, 0.2) is 18.2 Å². The van der Waals surface area contributed by atoms with Gasteiger partial charge < -0.3 is 15.2 Å². The van der Waals surface area contributed by atoms with Crippen LogP contribution in [0, 0.1) is 0 Å². The molecule has 0 saturated carbocycles. The van der Waals surface area contributed by atoms with Crippen molar-refractivity contribution >= 4 is 11.6 Å². The number of nitrogens with two attached hydrogens (primary N) is 1. The second-order valence-electron chi connectivity index (χ2n) is 4.35. The van der Waals surface area contributed by atoms with E-state index < -0.39 is 12.8 Å². The largest absolute Gasteiger partial charge is 0.492 e. The molecule has 0 saturated heterocycles. The van der Waals surface area contributed by atoms with Gasteiger partial charge in [-0.2, -0.15) is 13.2 Å². The van der Waals surface area contributed by atoms with Gasteiger partial charge in [-0.05, 0) is 24.6 Å². The molecule has 0 unspecified atom stereocenters. The van der Waals surface area contributed by atoms with Crippen molar-refractivity contribution in [3.8, 4) is 5.75 Å². The molecule has 1 atom stereocenters. The fraction of sp³-hybridized carbons (Fsp3) is 0.538. The predicted octanol–water partition coefficient (Wildman–Crippen LogP) is 3.71. The number of halogens is 4. The third-order valence-corrected chi connectivity index (χ3v) is 2.73. The van der Waals surface area contributed by atoms with Crippen molar-refractivity contribution in [2.45, 2.75) is 25.6 Å². The normalized spacial score (nSPS) is 13.3. The summed E-state index contributed by atoms with van der Waals surface area (Å²) in [5, 5.41) is 0.427. The Morgan fingerprint density at radius 1 is 1.30 bits per heavy atom. The van der Waals surface area contributed by atoms with Crippen LogP contribution in [0.25, 0.3) is 0 Å². The highest BCUT2D eigenvalue weighted by Crippen LogP contribution is 2.27. The van der Waals surface area contributed by atoms with Gasteiger partial charge in [-0.15, -0.1) is 0 Å². The minimum absolute atomic E-state index is 0.0188. The maximum atomic E-state index is 11.8. The summed E-state index contributed by atoms with van der Waals surface area (Å²) in [4.78, 5) is 0. The van der Waals surface area contributed by atoms with E-state index in [2.05, 4.69) is 4.74 Å². The summed E-state index contributed by atoms with van der Waals surface area (Å²) in [5.74, 6) is 0.479. The Balaban J connectivity index is 2.29. The molecule has 0 aliphatic carbocycles. The second kappa shape index (κ2) is 7.71. The van der Waals surface area contributed by atoms with Crippen molar-refractivity contribution in [2.75, 3.05) is 19.8 Å². The van der Waals surface area contributed by atoms with Gasteiger partial charge in [0.1, 0.15) is 12.4 Å². The van der Waals surface area contributed by atoms with Crippen LogP contribution in [-0.2, 0) is 4.74 Å².